The summed E-state index contributed by atoms with van der Waals surface area (Å²) in [4.78, 5) is 16.5. The standard InChI is InChI=1S/C19H32N4O/c20-10-6-9-19(24)21-11-4-5-12-22-13-15-23(16-14-22)17-18-7-2-1-3-8-18/h1-3,7-8H,4-6,9-17,20H2,(H,21,24). The predicted molar refractivity (Wildman–Crippen MR) is 98.7 cm³/mol. The van der Waals surface area contributed by atoms with Gasteiger partial charge in [-0.05, 0) is 37.9 Å². The van der Waals surface area contributed by atoms with Gasteiger partial charge in [0.05, 0.1) is 0 Å². The molecule has 1 aliphatic rings. The van der Waals surface area contributed by atoms with Crippen molar-refractivity contribution in [2.45, 2.75) is 32.2 Å². The summed E-state index contributed by atoms with van der Waals surface area (Å²) in [6, 6.07) is 10.7. The highest BCUT2D eigenvalue weighted by Gasteiger charge is 2.16. The minimum absolute atomic E-state index is 0.134. The van der Waals surface area contributed by atoms with Gasteiger partial charge in [0.1, 0.15) is 0 Å². The van der Waals surface area contributed by atoms with E-state index < -0.39 is 0 Å². The number of unbranched alkanes of at least 4 members (excludes halogenated alkanes) is 1. The number of nitrogens with one attached hydrogen (secondary N) is 1. The molecule has 3 N–H and O–H groups in total. The molecule has 0 spiro atoms. The van der Waals surface area contributed by atoms with E-state index >= 15 is 0 Å². The number of benzene rings is 1. The molecule has 2 rings (SSSR count). The summed E-state index contributed by atoms with van der Waals surface area (Å²) in [6.45, 7) is 8.16. The molecule has 1 amide bonds. The number of nitrogens with zero attached hydrogens (tertiary/aromatic N) is 2. The van der Waals surface area contributed by atoms with Gasteiger partial charge in [-0.25, -0.2) is 0 Å². The molecule has 0 aliphatic carbocycles. The molecule has 24 heavy (non-hydrogen) atoms. The van der Waals surface area contributed by atoms with Crippen LogP contribution in [0.4, 0.5) is 0 Å². The second kappa shape index (κ2) is 11.2. The normalized spacial score (nSPS) is 16.2. The Labute approximate surface area is 146 Å². The van der Waals surface area contributed by atoms with Gasteiger partial charge in [0.25, 0.3) is 0 Å². The van der Waals surface area contributed by atoms with Gasteiger partial charge in [-0.1, -0.05) is 30.3 Å². The van der Waals surface area contributed by atoms with Gasteiger partial charge in [0, 0.05) is 45.7 Å². The first-order chi connectivity index (χ1) is 11.8. The lowest BCUT2D eigenvalue weighted by Gasteiger charge is -2.34. The van der Waals surface area contributed by atoms with E-state index in [0.29, 0.717) is 13.0 Å². The molecule has 1 aliphatic heterocycles. The molecule has 1 saturated heterocycles. The zero-order valence-corrected chi connectivity index (χ0v) is 14.8. The Morgan fingerprint density at radius 3 is 2.42 bits per heavy atom. The van der Waals surface area contributed by atoms with Crippen molar-refractivity contribution in [2.24, 2.45) is 5.73 Å². The van der Waals surface area contributed by atoms with Crippen molar-refractivity contribution in [1.29, 1.82) is 0 Å². The van der Waals surface area contributed by atoms with E-state index in [1.807, 2.05) is 0 Å². The SMILES string of the molecule is NCCCC(=O)NCCCCN1CCN(Cc2ccccc2)CC1. The van der Waals surface area contributed by atoms with Crippen LogP contribution in [0.3, 0.4) is 0 Å². The topological polar surface area (TPSA) is 61.6 Å². The molecule has 1 heterocycles. The van der Waals surface area contributed by atoms with Crippen LogP contribution in [-0.2, 0) is 11.3 Å². The van der Waals surface area contributed by atoms with Crippen LogP contribution in [0.2, 0.25) is 0 Å². The lowest BCUT2D eigenvalue weighted by Crippen LogP contribution is -2.46. The van der Waals surface area contributed by atoms with Crippen molar-refractivity contribution >= 4 is 5.91 Å². The van der Waals surface area contributed by atoms with Crippen molar-refractivity contribution in [3.05, 3.63) is 35.9 Å². The van der Waals surface area contributed by atoms with E-state index in [-0.39, 0.29) is 5.91 Å². The lowest BCUT2D eigenvalue weighted by molar-refractivity contribution is -0.121. The molecular weight excluding hydrogens is 300 g/mol. The van der Waals surface area contributed by atoms with Gasteiger partial charge in [0.2, 0.25) is 5.91 Å². The summed E-state index contributed by atoms with van der Waals surface area (Å²) >= 11 is 0. The minimum atomic E-state index is 0.134. The van der Waals surface area contributed by atoms with Crippen LogP contribution < -0.4 is 11.1 Å². The molecule has 0 atom stereocenters. The van der Waals surface area contributed by atoms with E-state index in [2.05, 4.69) is 45.4 Å². The van der Waals surface area contributed by atoms with Gasteiger partial charge < -0.3 is 16.0 Å². The Kier molecular flexibility index (Phi) is 8.81. The second-order valence-corrected chi connectivity index (χ2v) is 6.55. The third-order valence-electron chi connectivity index (χ3n) is 4.55. The summed E-state index contributed by atoms with van der Waals surface area (Å²) in [5.41, 5.74) is 6.80. The first-order valence-electron chi connectivity index (χ1n) is 9.23. The molecule has 5 heteroatoms. The maximum absolute atomic E-state index is 11.5. The molecule has 0 unspecified atom stereocenters. The van der Waals surface area contributed by atoms with Gasteiger partial charge in [-0.3, -0.25) is 9.69 Å². The maximum Gasteiger partial charge on any atom is 0.220 e. The molecule has 134 valence electrons. The van der Waals surface area contributed by atoms with Gasteiger partial charge in [-0.15, -0.1) is 0 Å². The Balaban J connectivity index is 1.50. The van der Waals surface area contributed by atoms with Crippen molar-refractivity contribution in [2.75, 3.05) is 45.8 Å². The number of carbonyl (C=O) groups excluding carboxylic acids is 1. The summed E-state index contributed by atoms with van der Waals surface area (Å²) in [6.07, 6.45) is 3.54. The van der Waals surface area contributed by atoms with Crippen molar-refractivity contribution in [3.8, 4) is 0 Å². The zero-order valence-electron chi connectivity index (χ0n) is 14.8. The average Bonchev–Trinajstić information content (AvgIpc) is 2.62. The smallest absolute Gasteiger partial charge is 0.220 e. The number of nitrogens with two attached hydrogens (primary N) is 1. The Bertz CT molecular complexity index is 458. The number of hydrogen-bond acceptors (Lipinski definition) is 4. The fourth-order valence-corrected chi connectivity index (χ4v) is 3.05. The maximum atomic E-state index is 11.5. The van der Waals surface area contributed by atoms with Gasteiger partial charge >= 0.3 is 0 Å². The quantitative estimate of drug-likeness (QED) is 0.637. The number of carbonyl (C=O) groups is 1. The minimum Gasteiger partial charge on any atom is -0.356 e. The van der Waals surface area contributed by atoms with E-state index in [1.54, 1.807) is 0 Å². The summed E-state index contributed by atoms with van der Waals surface area (Å²) < 4.78 is 0. The molecule has 5 nitrogen and oxygen atoms in total. The van der Waals surface area contributed by atoms with Crippen LogP contribution in [0.1, 0.15) is 31.2 Å². The average molecular weight is 332 g/mol. The Morgan fingerprint density at radius 2 is 1.71 bits per heavy atom. The molecule has 0 aromatic heterocycles. The molecule has 0 saturated carbocycles. The second-order valence-electron chi connectivity index (χ2n) is 6.55. The summed E-state index contributed by atoms with van der Waals surface area (Å²) in [5.74, 6) is 0.134. The lowest BCUT2D eigenvalue weighted by atomic mass is 10.2. The number of amides is 1. The molecule has 1 aromatic carbocycles. The van der Waals surface area contributed by atoms with Crippen molar-refractivity contribution < 1.29 is 4.79 Å². The highest BCUT2D eigenvalue weighted by Crippen LogP contribution is 2.08. The third kappa shape index (κ3) is 7.43. The molecule has 1 aromatic rings. The molecule has 0 radical (unpaired) electrons. The highest BCUT2D eigenvalue weighted by atomic mass is 16.1. The van der Waals surface area contributed by atoms with E-state index in [0.717, 1.165) is 65.1 Å². The predicted octanol–water partition coefficient (Wildman–Crippen LogP) is 1.44. The number of hydrogen-bond donors (Lipinski definition) is 2. The van der Waals surface area contributed by atoms with E-state index in [9.17, 15) is 4.79 Å². The molecular formula is C19H32N4O. The first-order valence-corrected chi connectivity index (χ1v) is 9.23. The van der Waals surface area contributed by atoms with Crippen molar-refractivity contribution in [1.82, 2.24) is 15.1 Å². The number of rotatable bonds is 10. The molecule has 0 bridgehead atoms. The van der Waals surface area contributed by atoms with E-state index in [1.165, 1.54) is 5.56 Å². The fourth-order valence-electron chi connectivity index (χ4n) is 3.05. The first kappa shape index (κ1) is 18.9. The van der Waals surface area contributed by atoms with Crippen LogP contribution in [-0.4, -0.2) is 61.5 Å². The Hall–Kier alpha value is -1.43. The largest absolute Gasteiger partial charge is 0.356 e. The number of piperazine rings is 1. The monoisotopic (exact) mass is 332 g/mol. The van der Waals surface area contributed by atoms with Crippen LogP contribution in [0.5, 0.6) is 0 Å². The zero-order chi connectivity index (χ0) is 17.0. The summed E-state index contributed by atoms with van der Waals surface area (Å²) in [5, 5.41) is 2.97. The van der Waals surface area contributed by atoms with Gasteiger partial charge in [0.15, 0.2) is 0 Å². The Morgan fingerprint density at radius 1 is 1.00 bits per heavy atom. The van der Waals surface area contributed by atoms with Gasteiger partial charge in [-0.2, -0.15) is 0 Å². The van der Waals surface area contributed by atoms with E-state index in [4.69, 9.17) is 5.73 Å². The van der Waals surface area contributed by atoms with Crippen LogP contribution >= 0.6 is 0 Å². The highest BCUT2D eigenvalue weighted by molar-refractivity contribution is 5.75. The third-order valence-corrected chi connectivity index (χ3v) is 4.55. The van der Waals surface area contributed by atoms with Crippen LogP contribution in [0, 0.1) is 0 Å². The van der Waals surface area contributed by atoms with Crippen LogP contribution in [0.25, 0.3) is 0 Å². The fraction of sp³-hybridized carbons (Fsp3) is 0.632. The van der Waals surface area contributed by atoms with Crippen molar-refractivity contribution in [3.63, 3.8) is 0 Å². The molecule has 1 fully saturated rings. The van der Waals surface area contributed by atoms with Crippen LogP contribution in [0.15, 0.2) is 30.3 Å². The summed E-state index contributed by atoms with van der Waals surface area (Å²) in [7, 11) is 0.